The molecule has 0 aliphatic rings. The maximum Gasteiger partial charge on any atom is 0.138 e. The average Bonchev–Trinajstić information content (AvgIpc) is 2.72. The Morgan fingerprint density at radius 2 is 1.69 bits per heavy atom. The van der Waals surface area contributed by atoms with E-state index in [4.69, 9.17) is 9.47 Å². The fourth-order valence-electron chi connectivity index (χ4n) is 2.43. The van der Waals surface area contributed by atoms with Gasteiger partial charge in [0, 0.05) is 18.8 Å². The largest absolute Gasteiger partial charge is 0.497 e. The summed E-state index contributed by atoms with van der Waals surface area (Å²) in [7, 11) is 3.62. The van der Waals surface area contributed by atoms with Crippen LogP contribution in [0.2, 0.25) is 0 Å². The number of benzene rings is 2. The summed E-state index contributed by atoms with van der Waals surface area (Å²) in [5, 5.41) is 3.26. The Morgan fingerprint density at radius 1 is 0.962 bits per heavy atom. The number of rotatable bonds is 8. The molecule has 0 aliphatic carbocycles. The number of nitrogens with one attached hydrogen (secondary N) is 1. The van der Waals surface area contributed by atoms with Gasteiger partial charge in [0.05, 0.1) is 13.7 Å². The number of ether oxygens (including phenoxy) is 2. The molecule has 0 saturated carbocycles. The molecule has 0 radical (unpaired) electrons. The predicted molar refractivity (Wildman–Crippen MR) is 104 cm³/mol. The second-order valence-corrected chi connectivity index (χ2v) is 5.61. The molecule has 1 N–H and O–H groups in total. The van der Waals surface area contributed by atoms with Crippen molar-refractivity contribution in [2.75, 3.05) is 37.5 Å². The molecule has 6 nitrogen and oxygen atoms in total. The lowest BCUT2D eigenvalue weighted by molar-refractivity contribution is 0.331. The van der Waals surface area contributed by atoms with Crippen molar-refractivity contribution in [2.45, 2.75) is 0 Å². The fraction of sp³-hybridized carbons (Fsp3) is 0.200. The molecule has 3 rings (SSSR count). The van der Waals surface area contributed by atoms with E-state index in [2.05, 4.69) is 15.3 Å². The highest BCUT2D eigenvalue weighted by molar-refractivity contribution is 5.61. The summed E-state index contributed by atoms with van der Waals surface area (Å²) in [5.41, 5.74) is 1.07. The molecular weight excluding hydrogens is 328 g/mol. The van der Waals surface area contributed by atoms with Crippen LogP contribution >= 0.6 is 0 Å². The van der Waals surface area contributed by atoms with Crippen molar-refractivity contribution in [3.8, 4) is 11.5 Å². The first-order valence-electron chi connectivity index (χ1n) is 8.38. The molecule has 0 bridgehead atoms. The summed E-state index contributed by atoms with van der Waals surface area (Å²) >= 11 is 0. The molecule has 1 aromatic heterocycles. The highest BCUT2D eigenvalue weighted by Gasteiger charge is 2.06. The van der Waals surface area contributed by atoms with Gasteiger partial charge in [0.25, 0.3) is 0 Å². The van der Waals surface area contributed by atoms with Crippen LogP contribution in [0.4, 0.5) is 17.3 Å². The summed E-state index contributed by atoms with van der Waals surface area (Å²) in [6.45, 7) is 1.16. The third-order valence-electron chi connectivity index (χ3n) is 3.88. The van der Waals surface area contributed by atoms with E-state index in [-0.39, 0.29) is 0 Å². The molecule has 0 unspecified atom stereocenters. The van der Waals surface area contributed by atoms with Gasteiger partial charge in [0.15, 0.2) is 0 Å². The highest BCUT2D eigenvalue weighted by Crippen LogP contribution is 2.22. The number of hydrogen-bond acceptors (Lipinski definition) is 6. The zero-order valence-corrected chi connectivity index (χ0v) is 14.9. The van der Waals surface area contributed by atoms with E-state index in [0.29, 0.717) is 13.2 Å². The minimum absolute atomic E-state index is 0.528. The molecule has 0 fully saturated rings. The topological polar surface area (TPSA) is 59.5 Å². The number of nitrogens with zero attached hydrogens (tertiary/aromatic N) is 3. The third-order valence-corrected chi connectivity index (χ3v) is 3.88. The first-order chi connectivity index (χ1) is 12.8. The van der Waals surface area contributed by atoms with Gasteiger partial charge in [-0.2, -0.15) is 0 Å². The zero-order valence-electron chi connectivity index (χ0n) is 14.9. The molecule has 1 heterocycles. The van der Waals surface area contributed by atoms with Crippen LogP contribution in [-0.2, 0) is 0 Å². The zero-order chi connectivity index (χ0) is 18.2. The van der Waals surface area contributed by atoms with Crippen LogP contribution in [0, 0.1) is 0 Å². The van der Waals surface area contributed by atoms with Gasteiger partial charge in [-0.15, -0.1) is 0 Å². The van der Waals surface area contributed by atoms with Crippen LogP contribution in [0.15, 0.2) is 67.0 Å². The molecule has 6 heteroatoms. The van der Waals surface area contributed by atoms with Crippen molar-refractivity contribution in [2.24, 2.45) is 0 Å². The molecular formula is C20H22N4O2. The second kappa shape index (κ2) is 8.71. The number of aromatic nitrogens is 2. The fourth-order valence-corrected chi connectivity index (χ4v) is 2.43. The van der Waals surface area contributed by atoms with Gasteiger partial charge < -0.3 is 19.7 Å². The van der Waals surface area contributed by atoms with Crippen molar-refractivity contribution in [1.29, 1.82) is 0 Å². The Morgan fingerprint density at radius 3 is 2.42 bits per heavy atom. The van der Waals surface area contributed by atoms with Crippen molar-refractivity contribution >= 4 is 17.3 Å². The summed E-state index contributed by atoms with van der Waals surface area (Å²) in [4.78, 5) is 10.6. The van der Waals surface area contributed by atoms with Crippen LogP contribution in [0.5, 0.6) is 11.5 Å². The minimum atomic E-state index is 0.528. The Bertz CT molecular complexity index is 810. The maximum absolute atomic E-state index is 5.70. The molecule has 134 valence electrons. The van der Waals surface area contributed by atoms with Gasteiger partial charge in [0.1, 0.15) is 36.1 Å². The normalized spacial score (nSPS) is 10.2. The Hall–Kier alpha value is -3.28. The van der Waals surface area contributed by atoms with Gasteiger partial charge in [-0.25, -0.2) is 9.97 Å². The van der Waals surface area contributed by atoms with Gasteiger partial charge in [0.2, 0.25) is 0 Å². The molecule has 0 amide bonds. The van der Waals surface area contributed by atoms with Gasteiger partial charge in [-0.3, -0.25) is 0 Å². The summed E-state index contributed by atoms with van der Waals surface area (Å²) in [6, 6.07) is 19.5. The van der Waals surface area contributed by atoms with E-state index >= 15 is 0 Å². The van der Waals surface area contributed by atoms with Gasteiger partial charge >= 0.3 is 0 Å². The standard InChI is InChI=1S/C20H22N4O2/c1-24(16-6-4-3-5-7-16)20-14-19(22-15-23-20)21-12-13-26-18-10-8-17(25-2)9-11-18/h3-11,14-15H,12-13H2,1-2H3,(H,21,22,23). The van der Waals surface area contributed by atoms with E-state index < -0.39 is 0 Å². The smallest absolute Gasteiger partial charge is 0.138 e. The Labute approximate surface area is 153 Å². The van der Waals surface area contributed by atoms with E-state index in [1.54, 1.807) is 13.4 Å². The summed E-state index contributed by atoms with van der Waals surface area (Å²) in [5.74, 6) is 3.20. The minimum Gasteiger partial charge on any atom is -0.497 e. The molecule has 3 aromatic rings. The van der Waals surface area contributed by atoms with E-state index in [1.165, 1.54) is 0 Å². The quantitative estimate of drug-likeness (QED) is 0.625. The molecule has 0 spiro atoms. The lowest BCUT2D eigenvalue weighted by Gasteiger charge is -2.18. The van der Waals surface area contributed by atoms with Gasteiger partial charge in [-0.05, 0) is 36.4 Å². The molecule has 0 aliphatic heterocycles. The average molecular weight is 350 g/mol. The van der Waals surface area contributed by atoms with Crippen LogP contribution < -0.4 is 19.7 Å². The predicted octanol–water partition coefficient (Wildman–Crippen LogP) is 3.74. The molecule has 0 atom stereocenters. The Kier molecular flexibility index (Phi) is 5.88. The van der Waals surface area contributed by atoms with E-state index in [0.717, 1.165) is 28.8 Å². The molecule has 2 aromatic carbocycles. The van der Waals surface area contributed by atoms with Crippen LogP contribution in [0.1, 0.15) is 0 Å². The lowest BCUT2D eigenvalue weighted by atomic mass is 10.3. The first kappa shape index (κ1) is 17.5. The molecule has 26 heavy (non-hydrogen) atoms. The second-order valence-electron chi connectivity index (χ2n) is 5.61. The van der Waals surface area contributed by atoms with Crippen LogP contribution in [-0.4, -0.2) is 37.3 Å². The summed E-state index contributed by atoms with van der Waals surface area (Å²) < 4.78 is 10.8. The lowest BCUT2D eigenvalue weighted by Crippen LogP contribution is -2.14. The van der Waals surface area contributed by atoms with Crippen molar-refractivity contribution in [1.82, 2.24) is 9.97 Å². The third kappa shape index (κ3) is 4.63. The van der Waals surface area contributed by atoms with Crippen molar-refractivity contribution < 1.29 is 9.47 Å². The monoisotopic (exact) mass is 350 g/mol. The molecule has 0 saturated heterocycles. The SMILES string of the molecule is COc1ccc(OCCNc2cc(N(C)c3ccccc3)ncn2)cc1. The number of hydrogen-bond donors (Lipinski definition) is 1. The van der Waals surface area contributed by atoms with Gasteiger partial charge in [-0.1, -0.05) is 18.2 Å². The maximum atomic E-state index is 5.70. The first-order valence-corrected chi connectivity index (χ1v) is 8.38. The number of methoxy groups -OCH3 is 1. The van der Waals surface area contributed by atoms with Crippen molar-refractivity contribution in [3.05, 3.63) is 67.0 Å². The Balaban J connectivity index is 1.52. The number of para-hydroxylation sites is 1. The van der Waals surface area contributed by atoms with E-state index in [1.807, 2.05) is 72.6 Å². The van der Waals surface area contributed by atoms with E-state index in [9.17, 15) is 0 Å². The highest BCUT2D eigenvalue weighted by atomic mass is 16.5. The van der Waals surface area contributed by atoms with Crippen LogP contribution in [0.3, 0.4) is 0 Å². The van der Waals surface area contributed by atoms with Crippen molar-refractivity contribution in [3.63, 3.8) is 0 Å². The summed E-state index contributed by atoms with van der Waals surface area (Å²) in [6.07, 6.45) is 1.56. The number of anilines is 3. The van der Waals surface area contributed by atoms with Crippen LogP contribution in [0.25, 0.3) is 0 Å².